The van der Waals surface area contributed by atoms with E-state index in [0.717, 1.165) is 51.3 Å². The number of nitrogens with two attached hydrogens (primary N) is 1. The molecule has 0 aliphatic carbocycles. The van der Waals surface area contributed by atoms with E-state index in [1.807, 2.05) is 24.3 Å². The molecular weight excluding hydrogens is 330 g/mol. The second kappa shape index (κ2) is 8.05. The van der Waals surface area contributed by atoms with Crippen LogP contribution in [0.15, 0.2) is 24.3 Å². The molecule has 2 fully saturated rings. The summed E-state index contributed by atoms with van der Waals surface area (Å²) < 4.78 is 0. The summed E-state index contributed by atoms with van der Waals surface area (Å²) in [6.45, 7) is 8.16. The van der Waals surface area contributed by atoms with E-state index < -0.39 is 5.97 Å². The minimum atomic E-state index is -0.736. The first-order valence-corrected chi connectivity index (χ1v) is 9.31. The van der Waals surface area contributed by atoms with Crippen LogP contribution in [-0.4, -0.2) is 78.6 Å². The first kappa shape index (κ1) is 18.7. The minimum Gasteiger partial charge on any atom is -0.480 e. The van der Waals surface area contributed by atoms with Gasteiger partial charge in [0.15, 0.2) is 0 Å². The predicted octanol–water partition coefficient (Wildman–Crippen LogP) is 0.888. The van der Waals surface area contributed by atoms with Crippen molar-refractivity contribution in [1.82, 2.24) is 9.80 Å². The predicted molar refractivity (Wildman–Crippen MR) is 103 cm³/mol. The van der Waals surface area contributed by atoms with Gasteiger partial charge in [0.1, 0.15) is 5.84 Å². The first-order chi connectivity index (χ1) is 12.4. The Kier molecular flexibility index (Phi) is 5.78. The number of nitrogen functional groups attached to an aromatic ring is 1. The summed E-state index contributed by atoms with van der Waals surface area (Å²) in [6, 6.07) is 8.44. The number of nitrogens with zero attached hydrogens (tertiary/aromatic N) is 3. The molecule has 2 atom stereocenters. The lowest BCUT2D eigenvalue weighted by atomic mass is 9.91. The van der Waals surface area contributed by atoms with Gasteiger partial charge in [-0.15, -0.1) is 0 Å². The molecule has 0 saturated carbocycles. The van der Waals surface area contributed by atoms with Crippen molar-refractivity contribution in [3.05, 3.63) is 29.8 Å². The van der Waals surface area contributed by atoms with Crippen LogP contribution in [0.5, 0.6) is 0 Å². The number of aliphatic carboxylic acids is 1. The molecule has 0 aromatic heterocycles. The molecule has 2 aliphatic heterocycles. The zero-order chi connectivity index (χ0) is 18.7. The lowest BCUT2D eigenvalue weighted by molar-refractivity contribution is -0.139. The second-order valence-corrected chi connectivity index (χ2v) is 7.45. The number of hydrogen-bond donors (Lipinski definition) is 3. The summed E-state index contributed by atoms with van der Waals surface area (Å²) in [6.07, 6.45) is 1.04. The summed E-state index contributed by atoms with van der Waals surface area (Å²) >= 11 is 0. The van der Waals surface area contributed by atoms with Crippen molar-refractivity contribution in [3.63, 3.8) is 0 Å². The van der Waals surface area contributed by atoms with Gasteiger partial charge in [0, 0.05) is 56.6 Å². The van der Waals surface area contributed by atoms with Crippen molar-refractivity contribution in [1.29, 1.82) is 5.41 Å². The third kappa shape index (κ3) is 4.34. The van der Waals surface area contributed by atoms with E-state index in [4.69, 9.17) is 16.2 Å². The van der Waals surface area contributed by atoms with E-state index in [1.54, 1.807) is 0 Å². The van der Waals surface area contributed by atoms with Gasteiger partial charge in [-0.2, -0.15) is 0 Å². The van der Waals surface area contributed by atoms with Crippen LogP contribution in [0.1, 0.15) is 18.9 Å². The van der Waals surface area contributed by atoms with E-state index in [-0.39, 0.29) is 12.4 Å². The molecule has 0 bridgehead atoms. The molecule has 1 aromatic rings. The second-order valence-electron chi connectivity index (χ2n) is 7.45. The molecule has 2 unspecified atom stereocenters. The van der Waals surface area contributed by atoms with Gasteiger partial charge in [-0.05, 0) is 36.6 Å². The molecule has 7 heteroatoms. The lowest BCUT2D eigenvalue weighted by Crippen LogP contribution is -2.56. The third-order valence-electron chi connectivity index (χ3n) is 5.63. The number of likely N-dealkylation sites (tertiary alicyclic amines) is 1. The van der Waals surface area contributed by atoms with Crippen molar-refractivity contribution in [3.8, 4) is 0 Å². The molecule has 26 heavy (non-hydrogen) atoms. The summed E-state index contributed by atoms with van der Waals surface area (Å²) in [5.41, 5.74) is 7.46. The Morgan fingerprint density at radius 2 is 1.85 bits per heavy atom. The summed E-state index contributed by atoms with van der Waals surface area (Å²) in [7, 11) is 0. The molecule has 4 N–H and O–H groups in total. The largest absolute Gasteiger partial charge is 0.480 e. The number of carboxylic acids is 1. The monoisotopic (exact) mass is 359 g/mol. The Morgan fingerprint density at radius 1 is 1.19 bits per heavy atom. The maximum Gasteiger partial charge on any atom is 0.317 e. The average molecular weight is 359 g/mol. The zero-order valence-electron chi connectivity index (χ0n) is 15.4. The number of nitrogens with one attached hydrogen (secondary N) is 1. The van der Waals surface area contributed by atoms with Crippen molar-refractivity contribution in [2.24, 2.45) is 11.7 Å². The van der Waals surface area contributed by atoms with Gasteiger partial charge in [-0.1, -0.05) is 6.92 Å². The van der Waals surface area contributed by atoms with Gasteiger partial charge in [0.2, 0.25) is 0 Å². The maximum atomic E-state index is 10.9. The van der Waals surface area contributed by atoms with Crippen LogP contribution < -0.4 is 10.6 Å². The van der Waals surface area contributed by atoms with Crippen molar-refractivity contribution >= 4 is 17.5 Å². The van der Waals surface area contributed by atoms with Crippen molar-refractivity contribution < 1.29 is 9.90 Å². The summed E-state index contributed by atoms with van der Waals surface area (Å²) in [4.78, 5) is 17.9. The third-order valence-corrected chi connectivity index (χ3v) is 5.63. The summed E-state index contributed by atoms with van der Waals surface area (Å²) in [5.74, 6) is -0.144. The Balaban J connectivity index is 1.52. The van der Waals surface area contributed by atoms with Crippen LogP contribution in [0, 0.1) is 11.3 Å². The Labute approximate surface area is 154 Å². The molecule has 1 aromatic carbocycles. The zero-order valence-corrected chi connectivity index (χ0v) is 15.4. The molecule has 0 radical (unpaired) electrons. The van der Waals surface area contributed by atoms with E-state index in [9.17, 15) is 4.79 Å². The Hall–Kier alpha value is -2.12. The number of piperidine rings is 1. The van der Waals surface area contributed by atoms with E-state index in [1.165, 1.54) is 5.69 Å². The smallest absolute Gasteiger partial charge is 0.317 e. The number of hydrogen-bond acceptors (Lipinski definition) is 5. The Morgan fingerprint density at radius 3 is 2.38 bits per heavy atom. The highest BCUT2D eigenvalue weighted by molar-refractivity contribution is 5.95. The fourth-order valence-corrected chi connectivity index (χ4v) is 4.26. The summed E-state index contributed by atoms with van der Waals surface area (Å²) in [5, 5.41) is 16.5. The van der Waals surface area contributed by atoms with E-state index >= 15 is 0 Å². The first-order valence-electron chi connectivity index (χ1n) is 9.31. The van der Waals surface area contributed by atoms with Gasteiger partial charge in [-0.25, -0.2) is 0 Å². The molecule has 0 amide bonds. The van der Waals surface area contributed by atoms with Gasteiger partial charge >= 0.3 is 5.97 Å². The highest BCUT2D eigenvalue weighted by Crippen LogP contribution is 2.25. The van der Waals surface area contributed by atoms with Gasteiger partial charge in [-0.3, -0.25) is 20.0 Å². The molecule has 142 valence electrons. The molecule has 0 spiro atoms. The number of rotatable bonds is 5. The normalized spacial score (nSPS) is 25.2. The van der Waals surface area contributed by atoms with Crippen LogP contribution in [0.25, 0.3) is 0 Å². The Bertz CT molecular complexity index is 640. The molecule has 7 nitrogen and oxygen atoms in total. The average Bonchev–Trinajstić information content (AvgIpc) is 2.62. The van der Waals surface area contributed by atoms with Gasteiger partial charge in [0.25, 0.3) is 0 Å². The lowest BCUT2D eigenvalue weighted by Gasteiger charge is -2.46. The molecule has 2 saturated heterocycles. The van der Waals surface area contributed by atoms with Crippen LogP contribution in [0.4, 0.5) is 5.69 Å². The van der Waals surface area contributed by atoms with Crippen LogP contribution in [-0.2, 0) is 4.79 Å². The van der Waals surface area contributed by atoms with Crippen molar-refractivity contribution in [2.45, 2.75) is 19.4 Å². The maximum absolute atomic E-state index is 10.9. The van der Waals surface area contributed by atoms with Gasteiger partial charge in [0.05, 0.1) is 6.54 Å². The fourth-order valence-electron chi connectivity index (χ4n) is 4.26. The fraction of sp³-hybridized carbons (Fsp3) is 0.579. The highest BCUT2D eigenvalue weighted by atomic mass is 16.4. The molecular formula is C19H29N5O2. The van der Waals surface area contributed by atoms with Crippen LogP contribution in [0.2, 0.25) is 0 Å². The number of carboxylic acid groups (broad SMARTS) is 1. The molecule has 2 aliphatic rings. The topological polar surface area (TPSA) is 96.9 Å². The number of amidine groups is 1. The highest BCUT2D eigenvalue weighted by Gasteiger charge is 2.32. The standard InChI is InChI=1S/C19H29N5O2/c1-14-12-22(13-18(25)26)7-6-17(14)24-10-8-23(9-11-24)16-4-2-15(3-5-16)19(20)21/h2-5,14,17H,6-13H2,1H3,(H3,20,21)(H,25,26). The number of piperazine rings is 1. The SMILES string of the molecule is CC1CN(CC(=O)O)CCC1N1CCN(c2ccc(C(=N)N)cc2)CC1. The van der Waals surface area contributed by atoms with E-state index in [0.29, 0.717) is 12.0 Å². The van der Waals surface area contributed by atoms with Crippen LogP contribution in [0.3, 0.4) is 0 Å². The van der Waals surface area contributed by atoms with Crippen LogP contribution >= 0.6 is 0 Å². The molecule has 3 rings (SSSR count). The number of anilines is 1. The van der Waals surface area contributed by atoms with Gasteiger partial charge < -0.3 is 15.7 Å². The quantitative estimate of drug-likeness (QED) is 0.534. The number of carbonyl (C=O) groups is 1. The minimum absolute atomic E-state index is 0.101. The van der Waals surface area contributed by atoms with Crippen molar-refractivity contribution in [2.75, 3.05) is 50.7 Å². The van der Waals surface area contributed by atoms with E-state index in [2.05, 4.69) is 21.6 Å². The molecule has 2 heterocycles. The number of benzene rings is 1.